The van der Waals surface area contributed by atoms with E-state index in [1.165, 1.54) is 0 Å². The van der Waals surface area contributed by atoms with Gasteiger partial charge in [-0.05, 0) is 24.2 Å². The van der Waals surface area contributed by atoms with Gasteiger partial charge >= 0.3 is 0 Å². The van der Waals surface area contributed by atoms with Crippen molar-refractivity contribution in [1.82, 2.24) is 4.90 Å². The molecule has 5 heteroatoms. The lowest BCUT2D eigenvalue weighted by molar-refractivity contribution is 0.0975. The molecule has 0 heterocycles. The molecule has 2 N–H and O–H groups in total. The highest BCUT2D eigenvalue weighted by atomic mass is 79.9. The van der Waals surface area contributed by atoms with E-state index in [1.807, 2.05) is 18.2 Å². The molecule has 0 unspecified atom stereocenters. The Kier molecular flexibility index (Phi) is 5.31. The molecule has 0 fully saturated rings. The van der Waals surface area contributed by atoms with Crippen LogP contribution in [-0.4, -0.2) is 24.9 Å². The first-order chi connectivity index (χ1) is 7.52. The molecule has 1 aromatic rings. The fourth-order valence-electron chi connectivity index (χ4n) is 1.44. The molecule has 16 heavy (non-hydrogen) atoms. The van der Waals surface area contributed by atoms with E-state index in [2.05, 4.69) is 15.9 Å². The Morgan fingerprint density at radius 1 is 1.44 bits per heavy atom. The van der Waals surface area contributed by atoms with Crippen molar-refractivity contribution in [2.45, 2.75) is 19.5 Å². The third-order valence-corrected chi connectivity index (χ3v) is 2.98. The molecule has 0 radical (unpaired) electrons. The Labute approximate surface area is 103 Å². The second-order valence-corrected chi connectivity index (χ2v) is 4.57. The largest absolute Gasteiger partial charge is 0.326 e. The molecule has 1 aromatic carbocycles. The van der Waals surface area contributed by atoms with E-state index in [-0.39, 0.29) is 6.54 Å². The van der Waals surface area contributed by atoms with E-state index in [9.17, 15) is 8.78 Å². The molecular weight excluding hydrogens is 278 g/mol. The number of halogens is 3. The van der Waals surface area contributed by atoms with Crippen LogP contribution in [0.4, 0.5) is 8.78 Å². The van der Waals surface area contributed by atoms with Crippen molar-refractivity contribution >= 4 is 15.9 Å². The van der Waals surface area contributed by atoms with Gasteiger partial charge in [0.1, 0.15) is 0 Å². The van der Waals surface area contributed by atoms with Gasteiger partial charge in [-0.3, -0.25) is 4.90 Å². The van der Waals surface area contributed by atoms with Gasteiger partial charge in [-0.2, -0.15) is 0 Å². The van der Waals surface area contributed by atoms with Gasteiger partial charge in [0, 0.05) is 17.6 Å². The van der Waals surface area contributed by atoms with Crippen LogP contribution < -0.4 is 5.73 Å². The lowest BCUT2D eigenvalue weighted by Crippen LogP contribution is -2.24. The van der Waals surface area contributed by atoms with Crippen LogP contribution in [0.15, 0.2) is 22.7 Å². The van der Waals surface area contributed by atoms with E-state index >= 15 is 0 Å². The average Bonchev–Trinajstić information content (AvgIpc) is 2.19. The molecule has 0 aliphatic heterocycles. The zero-order valence-electron chi connectivity index (χ0n) is 9.09. The van der Waals surface area contributed by atoms with E-state index in [4.69, 9.17) is 5.73 Å². The molecule has 0 saturated carbocycles. The van der Waals surface area contributed by atoms with Crippen molar-refractivity contribution < 1.29 is 8.78 Å². The van der Waals surface area contributed by atoms with Crippen LogP contribution in [0, 0.1) is 0 Å². The summed E-state index contributed by atoms with van der Waals surface area (Å²) < 4.78 is 25.2. The molecule has 0 amide bonds. The standard InChI is InChI=1S/C11H15BrF2N2/c1-16(7-11(13)14)6-9-3-2-8(5-15)4-10(9)12/h2-4,11H,5-7,15H2,1H3. The molecule has 1 rings (SSSR count). The van der Waals surface area contributed by atoms with Gasteiger partial charge in [-0.1, -0.05) is 28.1 Å². The van der Waals surface area contributed by atoms with Crippen molar-refractivity contribution in [3.05, 3.63) is 33.8 Å². The summed E-state index contributed by atoms with van der Waals surface area (Å²) >= 11 is 3.41. The second-order valence-electron chi connectivity index (χ2n) is 3.72. The lowest BCUT2D eigenvalue weighted by Gasteiger charge is -2.17. The summed E-state index contributed by atoms with van der Waals surface area (Å²) in [6, 6.07) is 5.75. The van der Waals surface area contributed by atoms with E-state index in [0.29, 0.717) is 13.1 Å². The van der Waals surface area contributed by atoms with Gasteiger partial charge in [-0.25, -0.2) is 8.78 Å². The minimum Gasteiger partial charge on any atom is -0.326 e. The van der Waals surface area contributed by atoms with E-state index in [1.54, 1.807) is 11.9 Å². The molecule has 0 bridgehead atoms. The van der Waals surface area contributed by atoms with E-state index in [0.717, 1.165) is 15.6 Å². The van der Waals surface area contributed by atoms with Crippen molar-refractivity contribution in [3.8, 4) is 0 Å². The first-order valence-corrected chi connectivity index (χ1v) is 5.76. The maximum atomic E-state index is 12.1. The number of rotatable bonds is 5. The molecule has 0 spiro atoms. The Balaban J connectivity index is 2.66. The van der Waals surface area contributed by atoms with Crippen LogP contribution in [0.5, 0.6) is 0 Å². The quantitative estimate of drug-likeness (QED) is 0.904. The zero-order valence-corrected chi connectivity index (χ0v) is 10.7. The van der Waals surface area contributed by atoms with Gasteiger partial charge in [-0.15, -0.1) is 0 Å². The predicted molar refractivity (Wildman–Crippen MR) is 64.4 cm³/mol. The van der Waals surface area contributed by atoms with Crippen LogP contribution in [0.2, 0.25) is 0 Å². The highest BCUT2D eigenvalue weighted by Gasteiger charge is 2.09. The van der Waals surface area contributed by atoms with Crippen LogP contribution in [0.3, 0.4) is 0 Å². The van der Waals surface area contributed by atoms with Crippen molar-refractivity contribution in [2.24, 2.45) is 5.73 Å². The van der Waals surface area contributed by atoms with Gasteiger partial charge in [0.15, 0.2) is 0 Å². The number of nitrogens with two attached hydrogens (primary N) is 1. The van der Waals surface area contributed by atoms with Crippen LogP contribution >= 0.6 is 15.9 Å². The fourth-order valence-corrected chi connectivity index (χ4v) is 1.99. The van der Waals surface area contributed by atoms with Crippen LogP contribution in [0.25, 0.3) is 0 Å². The fraction of sp³-hybridized carbons (Fsp3) is 0.455. The maximum absolute atomic E-state index is 12.1. The third kappa shape index (κ3) is 4.15. The Bertz CT molecular complexity index is 345. The van der Waals surface area contributed by atoms with Gasteiger partial charge in [0.2, 0.25) is 0 Å². The van der Waals surface area contributed by atoms with Gasteiger partial charge < -0.3 is 5.73 Å². The number of alkyl halides is 2. The second kappa shape index (κ2) is 6.27. The summed E-state index contributed by atoms with van der Waals surface area (Å²) in [6.07, 6.45) is -2.30. The van der Waals surface area contributed by atoms with Crippen molar-refractivity contribution in [2.75, 3.05) is 13.6 Å². The average molecular weight is 293 g/mol. The molecule has 2 nitrogen and oxygen atoms in total. The molecule has 0 aliphatic rings. The number of nitrogens with zero attached hydrogens (tertiary/aromatic N) is 1. The van der Waals surface area contributed by atoms with Crippen molar-refractivity contribution in [1.29, 1.82) is 0 Å². The Morgan fingerprint density at radius 3 is 2.62 bits per heavy atom. The number of hydrogen-bond donors (Lipinski definition) is 1. The Hall–Kier alpha value is -0.520. The highest BCUT2D eigenvalue weighted by Crippen LogP contribution is 2.20. The van der Waals surface area contributed by atoms with Crippen LogP contribution in [0.1, 0.15) is 11.1 Å². The highest BCUT2D eigenvalue weighted by molar-refractivity contribution is 9.10. The SMILES string of the molecule is CN(Cc1ccc(CN)cc1Br)CC(F)F. The lowest BCUT2D eigenvalue weighted by atomic mass is 10.1. The maximum Gasteiger partial charge on any atom is 0.251 e. The van der Waals surface area contributed by atoms with Gasteiger partial charge in [0.05, 0.1) is 6.54 Å². The van der Waals surface area contributed by atoms with Gasteiger partial charge in [0.25, 0.3) is 6.43 Å². The molecular formula is C11H15BrF2N2. The minimum absolute atomic E-state index is 0.217. The normalized spacial score (nSPS) is 11.4. The monoisotopic (exact) mass is 292 g/mol. The van der Waals surface area contributed by atoms with E-state index < -0.39 is 6.43 Å². The summed E-state index contributed by atoms with van der Waals surface area (Å²) in [7, 11) is 1.68. The molecule has 0 aromatic heterocycles. The zero-order chi connectivity index (χ0) is 12.1. The summed E-state index contributed by atoms with van der Waals surface area (Å²) in [4.78, 5) is 1.59. The minimum atomic E-state index is -2.30. The summed E-state index contributed by atoms with van der Waals surface area (Å²) in [6.45, 7) is 0.757. The smallest absolute Gasteiger partial charge is 0.251 e. The number of hydrogen-bond acceptors (Lipinski definition) is 2. The number of benzene rings is 1. The first kappa shape index (κ1) is 13.5. The summed E-state index contributed by atoms with van der Waals surface area (Å²) in [5.41, 5.74) is 7.51. The topological polar surface area (TPSA) is 29.3 Å². The van der Waals surface area contributed by atoms with Crippen LogP contribution in [-0.2, 0) is 13.1 Å². The molecule has 0 saturated heterocycles. The summed E-state index contributed by atoms with van der Waals surface area (Å²) in [5.74, 6) is 0. The molecule has 0 aliphatic carbocycles. The van der Waals surface area contributed by atoms with Crippen molar-refractivity contribution in [3.63, 3.8) is 0 Å². The third-order valence-electron chi connectivity index (χ3n) is 2.24. The predicted octanol–water partition coefficient (Wildman–Crippen LogP) is 2.60. The molecule has 0 atom stereocenters. The summed E-state index contributed by atoms with van der Waals surface area (Å²) in [5, 5.41) is 0. The first-order valence-electron chi connectivity index (χ1n) is 4.97. The Morgan fingerprint density at radius 2 is 2.12 bits per heavy atom. The molecule has 90 valence electrons.